The van der Waals surface area contributed by atoms with Crippen LogP contribution in [0.3, 0.4) is 0 Å². The van der Waals surface area contributed by atoms with Crippen molar-refractivity contribution in [2.24, 2.45) is 5.10 Å². The van der Waals surface area contributed by atoms with Crippen LogP contribution in [0.15, 0.2) is 52.0 Å². The molecule has 0 fully saturated rings. The Morgan fingerprint density at radius 3 is 2.70 bits per heavy atom. The molecular weight excluding hydrogens is 384 g/mol. The summed E-state index contributed by atoms with van der Waals surface area (Å²) in [6.07, 6.45) is 1.52. The van der Waals surface area contributed by atoms with Gasteiger partial charge in [-0.05, 0) is 35.9 Å². The van der Waals surface area contributed by atoms with Crippen LogP contribution in [0.2, 0.25) is 5.02 Å². The summed E-state index contributed by atoms with van der Waals surface area (Å²) in [4.78, 5) is 11.7. The van der Waals surface area contributed by atoms with E-state index < -0.39 is 0 Å². The van der Waals surface area contributed by atoms with Crippen molar-refractivity contribution in [3.63, 3.8) is 0 Å². The summed E-state index contributed by atoms with van der Waals surface area (Å²) in [5, 5.41) is 4.50. The van der Waals surface area contributed by atoms with Crippen LogP contribution in [0, 0.1) is 0 Å². The van der Waals surface area contributed by atoms with Gasteiger partial charge >= 0.3 is 0 Å². The van der Waals surface area contributed by atoms with Gasteiger partial charge < -0.3 is 9.47 Å². The zero-order chi connectivity index (χ0) is 16.7. The van der Waals surface area contributed by atoms with Gasteiger partial charge in [-0.15, -0.1) is 0 Å². The van der Waals surface area contributed by atoms with Gasteiger partial charge in [0.25, 0.3) is 5.91 Å². The molecule has 23 heavy (non-hydrogen) atoms. The minimum Gasteiger partial charge on any atom is -0.493 e. The standard InChI is InChI=1S/C16H14BrClN2O3/c1-22-15-8-12(17)4-7-14(15)23-10-16(21)20-19-9-11-2-5-13(18)6-3-11/h2-9H,10H2,1H3,(H,20,21)/b19-9+. The third-order valence-electron chi connectivity index (χ3n) is 2.76. The Bertz CT molecular complexity index is 705. The number of nitrogens with one attached hydrogen (secondary N) is 1. The lowest BCUT2D eigenvalue weighted by Gasteiger charge is -2.10. The number of halogens is 2. The second-order valence-electron chi connectivity index (χ2n) is 4.43. The van der Waals surface area contributed by atoms with Gasteiger partial charge in [0.2, 0.25) is 0 Å². The van der Waals surface area contributed by atoms with E-state index in [1.54, 1.807) is 42.5 Å². The van der Waals surface area contributed by atoms with Crippen LogP contribution in [0.5, 0.6) is 11.5 Å². The second kappa shape index (κ2) is 8.55. The van der Waals surface area contributed by atoms with E-state index in [4.69, 9.17) is 21.1 Å². The van der Waals surface area contributed by atoms with Gasteiger partial charge in [-0.25, -0.2) is 5.43 Å². The average molecular weight is 398 g/mol. The molecule has 2 aromatic rings. The van der Waals surface area contributed by atoms with Gasteiger partial charge in [-0.3, -0.25) is 4.79 Å². The summed E-state index contributed by atoms with van der Waals surface area (Å²) in [6.45, 7) is -0.171. The molecule has 0 aliphatic rings. The van der Waals surface area contributed by atoms with Crippen LogP contribution in [0.1, 0.15) is 5.56 Å². The van der Waals surface area contributed by atoms with Crippen molar-refractivity contribution in [1.29, 1.82) is 0 Å². The zero-order valence-corrected chi connectivity index (χ0v) is 14.6. The monoisotopic (exact) mass is 396 g/mol. The summed E-state index contributed by atoms with van der Waals surface area (Å²) in [5.41, 5.74) is 3.21. The minimum absolute atomic E-state index is 0.171. The molecular formula is C16H14BrClN2O3. The SMILES string of the molecule is COc1cc(Br)ccc1OCC(=O)N/N=C/c1ccc(Cl)cc1. The van der Waals surface area contributed by atoms with Gasteiger partial charge in [0.1, 0.15) is 0 Å². The number of ether oxygens (including phenoxy) is 2. The predicted octanol–water partition coefficient (Wildman–Crippen LogP) is 3.64. The molecule has 1 N–H and O–H groups in total. The molecule has 0 aromatic heterocycles. The molecule has 0 aliphatic carbocycles. The van der Waals surface area contributed by atoms with Crippen molar-refractivity contribution in [3.05, 3.63) is 57.5 Å². The van der Waals surface area contributed by atoms with Crippen molar-refractivity contribution in [1.82, 2.24) is 5.43 Å². The molecule has 5 nitrogen and oxygen atoms in total. The van der Waals surface area contributed by atoms with Gasteiger partial charge in [-0.2, -0.15) is 5.10 Å². The number of hydrogen-bond acceptors (Lipinski definition) is 4. The Morgan fingerprint density at radius 2 is 2.00 bits per heavy atom. The number of hydrazone groups is 1. The van der Waals surface area contributed by atoms with Crippen molar-refractivity contribution in [2.45, 2.75) is 0 Å². The smallest absolute Gasteiger partial charge is 0.277 e. The Hall–Kier alpha value is -2.05. The maximum absolute atomic E-state index is 11.7. The number of hydrogen-bond donors (Lipinski definition) is 1. The Labute approximate surface area is 147 Å². The number of nitrogens with zero attached hydrogens (tertiary/aromatic N) is 1. The summed E-state index contributed by atoms with van der Waals surface area (Å²) in [6, 6.07) is 12.3. The first-order valence-electron chi connectivity index (χ1n) is 6.62. The summed E-state index contributed by atoms with van der Waals surface area (Å²) >= 11 is 9.12. The molecule has 0 atom stereocenters. The Morgan fingerprint density at radius 1 is 1.26 bits per heavy atom. The van der Waals surface area contributed by atoms with E-state index >= 15 is 0 Å². The third-order valence-corrected chi connectivity index (χ3v) is 3.50. The van der Waals surface area contributed by atoms with E-state index in [1.165, 1.54) is 13.3 Å². The fourth-order valence-electron chi connectivity index (χ4n) is 1.66. The van der Waals surface area contributed by atoms with Crippen LogP contribution >= 0.6 is 27.5 Å². The first-order valence-corrected chi connectivity index (χ1v) is 7.79. The molecule has 0 saturated heterocycles. The van der Waals surface area contributed by atoms with Crippen molar-refractivity contribution in [3.8, 4) is 11.5 Å². The largest absolute Gasteiger partial charge is 0.493 e. The molecule has 1 amide bonds. The maximum Gasteiger partial charge on any atom is 0.277 e. The van der Waals surface area contributed by atoms with Gasteiger partial charge in [0, 0.05) is 9.50 Å². The highest BCUT2D eigenvalue weighted by Crippen LogP contribution is 2.29. The maximum atomic E-state index is 11.7. The molecule has 0 spiro atoms. The van der Waals surface area contributed by atoms with Crippen LogP contribution < -0.4 is 14.9 Å². The fraction of sp³-hybridized carbons (Fsp3) is 0.125. The third kappa shape index (κ3) is 5.58. The van der Waals surface area contributed by atoms with E-state index in [0.29, 0.717) is 16.5 Å². The van der Waals surface area contributed by atoms with Crippen molar-refractivity contribution < 1.29 is 14.3 Å². The number of rotatable bonds is 6. The van der Waals surface area contributed by atoms with Gasteiger partial charge in [0.05, 0.1) is 13.3 Å². The van der Waals surface area contributed by atoms with E-state index in [1.807, 2.05) is 0 Å². The van der Waals surface area contributed by atoms with E-state index in [2.05, 4.69) is 26.5 Å². The van der Waals surface area contributed by atoms with Crippen LogP contribution in [0.4, 0.5) is 0 Å². The molecule has 2 aromatic carbocycles. The zero-order valence-electron chi connectivity index (χ0n) is 12.3. The highest BCUT2D eigenvalue weighted by molar-refractivity contribution is 9.10. The van der Waals surface area contributed by atoms with Crippen LogP contribution in [-0.2, 0) is 4.79 Å². The molecule has 0 bridgehead atoms. The topological polar surface area (TPSA) is 59.9 Å². The molecule has 2 rings (SSSR count). The number of benzene rings is 2. The first-order chi connectivity index (χ1) is 11.1. The number of carbonyl (C=O) groups is 1. The second-order valence-corrected chi connectivity index (χ2v) is 5.78. The van der Waals surface area contributed by atoms with Crippen LogP contribution in [0.25, 0.3) is 0 Å². The normalized spacial score (nSPS) is 10.6. The number of amides is 1. The van der Waals surface area contributed by atoms with Gasteiger partial charge in [0.15, 0.2) is 18.1 Å². The average Bonchev–Trinajstić information content (AvgIpc) is 2.55. The summed E-state index contributed by atoms with van der Waals surface area (Å²) < 4.78 is 11.5. The quantitative estimate of drug-likeness (QED) is 0.598. The lowest BCUT2D eigenvalue weighted by molar-refractivity contribution is -0.123. The minimum atomic E-state index is -0.375. The lowest BCUT2D eigenvalue weighted by Crippen LogP contribution is -2.24. The molecule has 7 heteroatoms. The molecule has 0 saturated carbocycles. The fourth-order valence-corrected chi connectivity index (χ4v) is 2.13. The highest BCUT2D eigenvalue weighted by Gasteiger charge is 2.07. The highest BCUT2D eigenvalue weighted by atomic mass is 79.9. The molecule has 0 radical (unpaired) electrons. The molecule has 0 unspecified atom stereocenters. The summed E-state index contributed by atoms with van der Waals surface area (Å²) in [5.74, 6) is 0.643. The lowest BCUT2D eigenvalue weighted by atomic mass is 10.2. The first kappa shape index (κ1) is 17.3. The number of methoxy groups -OCH3 is 1. The van der Waals surface area contributed by atoms with Crippen LogP contribution in [-0.4, -0.2) is 25.8 Å². The Balaban J connectivity index is 1.84. The van der Waals surface area contributed by atoms with Crippen molar-refractivity contribution >= 4 is 39.7 Å². The summed E-state index contributed by atoms with van der Waals surface area (Å²) in [7, 11) is 1.53. The number of carbonyl (C=O) groups excluding carboxylic acids is 1. The van der Waals surface area contributed by atoms with E-state index in [0.717, 1.165) is 10.0 Å². The van der Waals surface area contributed by atoms with E-state index in [-0.39, 0.29) is 12.5 Å². The van der Waals surface area contributed by atoms with Gasteiger partial charge in [-0.1, -0.05) is 39.7 Å². The van der Waals surface area contributed by atoms with Crippen molar-refractivity contribution in [2.75, 3.05) is 13.7 Å². The molecule has 0 heterocycles. The van der Waals surface area contributed by atoms with E-state index in [9.17, 15) is 4.79 Å². The Kier molecular flexibility index (Phi) is 6.43. The predicted molar refractivity (Wildman–Crippen MR) is 93.4 cm³/mol. The molecule has 120 valence electrons. The molecule has 0 aliphatic heterocycles.